The van der Waals surface area contributed by atoms with Crippen LogP contribution in [0.15, 0.2) is 36.4 Å². The molecule has 0 radical (unpaired) electrons. The van der Waals surface area contributed by atoms with Crippen LogP contribution >= 0.6 is 0 Å². The number of hydrogen-bond acceptors (Lipinski definition) is 5. The molecule has 0 N–H and O–H groups in total. The summed E-state index contributed by atoms with van der Waals surface area (Å²) >= 11 is 0. The Bertz CT molecular complexity index is 850. The van der Waals surface area contributed by atoms with Gasteiger partial charge in [0.1, 0.15) is 17.6 Å². The Hall–Kier alpha value is -2.14. The van der Waals surface area contributed by atoms with Gasteiger partial charge in [0.05, 0.1) is 19.1 Å². The third kappa shape index (κ3) is 4.93. The zero-order chi connectivity index (χ0) is 22.9. The Balaban J connectivity index is 1.29. The zero-order valence-corrected chi connectivity index (χ0v) is 19.7. The van der Waals surface area contributed by atoms with Gasteiger partial charge in [0, 0.05) is 18.9 Å². The van der Waals surface area contributed by atoms with Crippen LogP contribution in [0.1, 0.15) is 52.0 Å². The van der Waals surface area contributed by atoms with E-state index in [-0.39, 0.29) is 18.0 Å². The van der Waals surface area contributed by atoms with Crippen molar-refractivity contribution in [1.29, 1.82) is 0 Å². The number of ether oxygens (including phenoxy) is 3. The van der Waals surface area contributed by atoms with Crippen molar-refractivity contribution in [2.75, 3.05) is 13.7 Å². The van der Waals surface area contributed by atoms with Crippen LogP contribution in [0, 0.1) is 35.0 Å². The molecule has 32 heavy (non-hydrogen) atoms. The van der Waals surface area contributed by atoms with Crippen molar-refractivity contribution < 1.29 is 23.8 Å². The van der Waals surface area contributed by atoms with Crippen LogP contribution in [0.4, 0.5) is 0 Å². The third-order valence-electron chi connectivity index (χ3n) is 7.45. The lowest BCUT2D eigenvalue weighted by Gasteiger charge is -2.33. The SMILES string of the molecule is COc1ccc(COCC[C@H]2C(=O)C[C@@H]3[C@H]2C=C[C@@H]2C[C@@H](OC(=O)C(C)(C)C)C[C@H]32)cc1. The Morgan fingerprint density at radius 2 is 1.81 bits per heavy atom. The molecule has 0 saturated heterocycles. The molecule has 0 spiro atoms. The van der Waals surface area contributed by atoms with Crippen LogP contribution in [0.25, 0.3) is 0 Å². The summed E-state index contributed by atoms with van der Waals surface area (Å²) in [5.74, 6) is 2.66. The number of fused-ring (bicyclic) bond motifs is 3. The first-order valence-electron chi connectivity index (χ1n) is 11.9. The molecule has 5 nitrogen and oxygen atoms in total. The monoisotopic (exact) mass is 440 g/mol. The van der Waals surface area contributed by atoms with Crippen molar-refractivity contribution in [3.05, 3.63) is 42.0 Å². The molecule has 3 aliphatic rings. The van der Waals surface area contributed by atoms with Gasteiger partial charge in [-0.25, -0.2) is 0 Å². The molecule has 6 atom stereocenters. The van der Waals surface area contributed by atoms with Crippen molar-refractivity contribution >= 4 is 11.8 Å². The van der Waals surface area contributed by atoms with Gasteiger partial charge in [-0.2, -0.15) is 0 Å². The predicted molar refractivity (Wildman–Crippen MR) is 122 cm³/mol. The quantitative estimate of drug-likeness (QED) is 0.340. The molecule has 2 fully saturated rings. The fraction of sp³-hybridized carbons (Fsp3) is 0.630. The maximum atomic E-state index is 12.9. The van der Waals surface area contributed by atoms with E-state index in [1.807, 2.05) is 45.0 Å². The van der Waals surface area contributed by atoms with E-state index in [9.17, 15) is 9.59 Å². The highest BCUT2D eigenvalue weighted by atomic mass is 16.5. The van der Waals surface area contributed by atoms with Crippen LogP contribution in [0.3, 0.4) is 0 Å². The average molecular weight is 441 g/mol. The molecular formula is C27H36O5. The molecule has 1 aromatic carbocycles. The first-order chi connectivity index (χ1) is 15.3. The van der Waals surface area contributed by atoms with Crippen molar-refractivity contribution in [3.8, 4) is 5.75 Å². The second-order valence-electron chi connectivity index (χ2n) is 10.7. The van der Waals surface area contributed by atoms with E-state index in [1.54, 1.807) is 7.11 Å². The molecule has 0 unspecified atom stereocenters. The number of esters is 1. The first-order valence-corrected chi connectivity index (χ1v) is 11.9. The normalized spacial score (nSPS) is 31.3. The maximum absolute atomic E-state index is 12.9. The van der Waals surface area contributed by atoms with E-state index < -0.39 is 5.41 Å². The van der Waals surface area contributed by atoms with Crippen molar-refractivity contribution in [2.24, 2.45) is 35.0 Å². The van der Waals surface area contributed by atoms with Crippen LogP contribution < -0.4 is 4.74 Å². The minimum absolute atomic E-state index is 0.0258. The van der Waals surface area contributed by atoms with E-state index in [2.05, 4.69) is 12.2 Å². The summed E-state index contributed by atoms with van der Waals surface area (Å²) in [5, 5.41) is 0. The predicted octanol–water partition coefficient (Wildman–Crippen LogP) is 4.98. The number of allylic oxidation sites excluding steroid dienone is 2. The topological polar surface area (TPSA) is 61.8 Å². The van der Waals surface area contributed by atoms with Gasteiger partial charge in [0.2, 0.25) is 0 Å². The van der Waals surface area contributed by atoms with Crippen LogP contribution in [-0.2, 0) is 25.7 Å². The molecule has 0 aromatic heterocycles. The van der Waals surface area contributed by atoms with Crippen LogP contribution in [0.2, 0.25) is 0 Å². The summed E-state index contributed by atoms with van der Waals surface area (Å²) in [7, 11) is 1.66. The molecule has 0 bridgehead atoms. The molecule has 1 aromatic rings. The average Bonchev–Trinajstić information content (AvgIpc) is 3.31. The molecule has 5 heteroatoms. The van der Waals surface area contributed by atoms with Crippen molar-refractivity contribution in [2.45, 2.75) is 59.2 Å². The summed E-state index contributed by atoms with van der Waals surface area (Å²) in [5.41, 5.74) is 0.621. The summed E-state index contributed by atoms with van der Waals surface area (Å²) < 4.78 is 16.9. The second-order valence-corrected chi connectivity index (χ2v) is 10.7. The summed E-state index contributed by atoms with van der Waals surface area (Å²) in [6.45, 7) is 6.80. The molecule has 3 aliphatic carbocycles. The lowest BCUT2D eigenvalue weighted by atomic mass is 9.71. The number of Topliss-reactive ketones (excluding diaryl/α,β-unsaturated/α-hetero) is 1. The highest BCUT2D eigenvalue weighted by molar-refractivity contribution is 5.84. The number of hydrogen-bond donors (Lipinski definition) is 0. The zero-order valence-electron chi connectivity index (χ0n) is 19.7. The lowest BCUT2D eigenvalue weighted by molar-refractivity contribution is -0.158. The molecule has 0 aliphatic heterocycles. The number of carbonyl (C=O) groups is 2. The highest BCUT2D eigenvalue weighted by Crippen LogP contribution is 2.53. The number of rotatable bonds is 7. The Labute approximate surface area is 191 Å². The smallest absolute Gasteiger partial charge is 0.311 e. The van der Waals surface area contributed by atoms with Gasteiger partial charge >= 0.3 is 5.97 Å². The minimum atomic E-state index is -0.480. The highest BCUT2D eigenvalue weighted by Gasteiger charge is 2.51. The Morgan fingerprint density at radius 3 is 2.50 bits per heavy atom. The summed E-state index contributed by atoms with van der Waals surface area (Å²) in [6, 6.07) is 7.87. The fourth-order valence-corrected chi connectivity index (χ4v) is 5.68. The summed E-state index contributed by atoms with van der Waals surface area (Å²) in [6.07, 6.45) is 7.73. The number of methoxy groups -OCH3 is 1. The van der Waals surface area contributed by atoms with Gasteiger partial charge in [-0.1, -0.05) is 24.3 Å². The van der Waals surface area contributed by atoms with Gasteiger partial charge in [-0.3, -0.25) is 9.59 Å². The molecule has 4 rings (SSSR count). The van der Waals surface area contributed by atoms with Gasteiger partial charge in [0.15, 0.2) is 0 Å². The van der Waals surface area contributed by atoms with Gasteiger partial charge < -0.3 is 14.2 Å². The minimum Gasteiger partial charge on any atom is -0.497 e. The van der Waals surface area contributed by atoms with E-state index in [0.29, 0.717) is 49.1 Å². The number of carbonyl (C=O) groups excluding carboxylic acids is 2. The van der Waals surface area contributed by atoms with Gasteiger partial charge in [-0.15, -0.1) is 0 Å². The molecule has 2 saturated carbocycles. The van der Waals surface area contributed by atoms with Crippen molar-refractivity contribution in [3.63, 3.8) is 0 Å². The molecule has 0 amide bonds. The maximum Gasteiger partial charge on any atom is 0.311 e. The molecule has 174 valence electrons. The van der Waals surface area contributed by atoms with Crippen LogP contribution in [-0.4, -0.2) is 31.6 Å². The van der Waals surface area contributed by atoms with E-state index in [0.717, 1.165) is 30.6 Å². The van der Waals surface area contributed by atoms with Gasteiger partial charge in [-0.05, 0) is 81.4 Å². The van der Waals surface area contributed by atoms with E-state index in [4.69, 9.17) is 14.2 Å². The van der Waals surface area contributed by atoms with Crippen molar-refractivity contribution in [1.82, 2.24) is 0 Å². The summed E-state index contributed by atoms with van der Waals surface area (Å²) in [4.78, 5) is 25.2. The molecular weight excluding hydrogens is 404 g/mol. The number of ketones is 1. The largest absolute Gasteiger partial charge is 0.497 e. The second kappa shape index (κ2) is 9.38. The molecule has 0 heterocycles. The Kier molecular flexibility index (Phi) is 6.75. The standard InChI is InChI=1S/C27H36O5/c1-27(2,3)26(29)32-20-13-18-7-10-21-22(25(28)15-24(21)23(18)14-20)11-12-31-16-17-5-8-19(30-4)9-6-17/h5-10,18,20-24H,11-16H2,1-4H3/t18-,20-,21+,22-,23+,24-/m1/s1. The lowest BCUT2D eigenvalue weighted by Crippen LogP contribution is -2.28. The third-order valence-corrected chi connectivity index (χ3v) is 7.45. The fourth-order valence-electron chi connectivity index (χ4n) is 5.68. The van der Waals surface area contributed by atoms with Crippen LogP contribution in [0.5, 0.6) is 5.75 Å². The Morgan fingerprint density at radius 1 is 1.06 bits per heavy atom. The van der Waals surface area contributed by atoms with E-state index in [1.165, 1.54) is 0 Å². The first kappa shape index (κ1) is 23.0. The number of benzene rings is 1. The van der Waals surface area contributed by atoms with Gasteiger partial charge in [0.25, 0.3) is 0 Å². The van der Waals surface area contributed by atoms with E-state index >= 15 is 0 Å².